The van der Waals surface area contributed by atoms with E-state index in [1.807, 2.05) is 0 Å². The third-order valence-corrected chi connectivity index (χ3v) is 20.4. The quantitative estimate of drug-likeness (QED) is 0.154. The van der Waals surface area contributed by atoms with Crippen LogP contribution in [0.1, 0.15) is 120 Å². The van der Waals surface area contributed by atoms with E-state index >= 15 is 0 Å². The van der Waals surface area contributed by atoms with Crippen LogP contribution in [0.4, 0.5) is 39.8 Å². The van der Waals surface area contributed by atoms with Gasteiger partial charge in [0.15, 0.2) is 0 Å². The summed E-state index contributed by atoms with van der Waals surface area (Å²) in [5.74, 6) is -0.333. The summed E-state index contributed by atoms with van der Waals surface area (Å²) in [5.41, 5.74) is 44.5. The molecule has 0 radical (unpaired) electrons. The molecule has 1 unspecified atom stereocenters. The smallest absolute Gasteiger partial charge is 0.0618 e. The standard InChI is InChI=1S/C90H73N3/c1-89(2,3)66-51-74(56-26-11-7-12-27-56)87(75(52-66)57-28-13-8-14-29-57)92-79-45-42-63(72-41-25-37-64-47-62-36-21-22-38-69(62)83(64)72)48-78(79)85-73-44-43-68(91)55-80(73)93(88-76(58-30-15-9-16-31-58)53-67(90(4,5)6)54-77(88)59-32-17-10-18-33-59)82-50-65(49-81(92)86(82)85)84-70-39-23-19-34-60(70)46-61-35-20-24-40-71(61)84/h7-45,48-55,84-85H,46-47,91H2,1-6H3. The van der Waals surface area contributed by atoms with Gasteiger partial charge in [-0.2, -0.15) is 0 Å². The van der Waals surface area contributed by atoms with Gasteiger partial charge in [0.25, 0.3) is 0 Å². The van der Waals surface area contributed by atoms with Crippen molar-refractivity contribution in [1.29, 1.82) is 0 Å². The van der Waals surface area contributed by atoms with Crippen LogP contribution in [0, 0.1) is 0 Å². The summed E-state index contributed by atoms with van der Waals surface area (Å²) in [6.07, 6.45) is 1.80. The number of nitrogen functional groups attached to an aromatic ring is 1. The monoisotopic (exact) mass is 1200 g/mol. The molecular weight excluding hydrogens is 1120 g/mol. The summed E-state index contributed by atoms with van der Waals surface area (Å²) in [6.45, 7) is 14.1. The van der Waals surface area contributed by atoms with Crippen LogP contribution in [-0.4, -0.2) is 0 Å². The summed E-state index contributed by atoms with van der Waals surface area (Å²) in [6, 6.07) is 108. The van der Waals surface area contributed by atoms with Gasteiger partial charge in [-0.3, -0.25) is 0 Å². The maximum atomic E-state index is 7.34. The highest BCUT2D eigenvalue weighted by Gasteiger charge is 2.45. The lowest BCUT2D eigenvalue weighted by Gasteiger charge is -2.47. The fourth-order valence-electron chi connectivity index (χ4n) is 15.9. The van der Waals surface area contributed by atoms with Gasteiger partial charge in [-0.1, -0.05) is 266 Å². The molecule has 13 aromatic carbocycles. The summed E-state index contributed by atoms with van der Waals surface area (Å²) in [5, 5.41) is 0. The van der Waals surface area contributed by atoms with E-state index < -0.39 is 0 Å². The number of hydrogen-bond acceptors (Lipinski definition) is 3. The van der Waals surface area contributed by atoms with Gasteiger partial charge in [0.2, 0.25) is 0 Å². The maximum Gasteiger partial charge on any atom is 0.0618 e. The van der Waals surface area contributed by atoms with Crippen LogP contribution >= 0.6 is 0 Å². The second-order valence-corrected chi connectivity index (χ2v) is 28.2. The van der Waals surface area contributed by atoms with Gasteiger partial charge in [-0.25, -0.2) is 0 Å². The lowest BCUT2D eigenvalue weighted by Crippen LogP contribution is -2.31. The minimum Gasteiger partial charge on any atom is -0.399 e. The lowest BCUT2D eigenvalue weighted by atomic mass is 9.71. The number of hydrogen-bond donors (Lipinski definition) is 1. The van der Waals surface area contributed by atoms with E-state index in [1.54, 1.807) is 0 Å². The minimum atomic E-state index is -0.236. The van der Waals surface area contributed by atoms with Crippen molar-refractivity contribution in [3.8, 4) is 66.8 Å². The van der Waals surface area contributed by atoms with Crippen molar-refractivity contribution in [3.63, 3.8) is 0 Å². The minimum absolute atomic E-state index is 0.0974. The zero-order valence-corrected chi connectivity index (χ0v) is 53.7. The molecule has 0 saturated carbocycles. The van der Waals surface area contributed by atoms with Gasteiger partial charge in [-0.15, -0.1) is 0 Å². The first kappa shape index (κ1) is 56.3. The predicted molar refractivity (Wildman–Crippen MR) is 391 cm³/mol. The van der Waals surface area contributed by atoms with E-state index in [1.165, 1.54) is 100 Å². The predicted octanol–water partition coefficient (Wildman–Crippen LogP) is 23.6. The maximum absolute atomic E-state index is 7.34. The third-order valence-electron chi connectivity index (χ3n) is 20.4. The first-order valence-electron chi connectivity index (χ1n) is 33.1. The Morgan fingerprint density at radius 2 is 0.731 bits per heavy atom. The number of benzene rings is 13. The molecule has 4 aliphatic rings. The molecular formula is C90H73N3. The van der Waals surface area contributed by atoms with Gasteiger partial charge >= 0.3 is 0 Å². The highest BCUT2D eigenvalue weighted by molar-refractivity contribution is 6.07. The third kappa shape index (κ3) is 9.30. The second kappa shape index (κ2) is 21.7. The van der Waals surface area contributed by atoms with Gasteiger partial charge < -0.3 is 15.5 Å². The van der Waals surface area contributed by atoms with Crippen molar-refractivity contribution >= 4 is 39.8 Å². The van der Waals surface area contributed by atoms with E-state index in [9.17, 15) is 0 Å². The van der Waals surface area contributed by atoms with Crippen molar-refractivity contribution < 1.29 is 0 Å². The van der Waals surface area contributed by atoms with Crippen LogP contribution in [0.5, 0.6) is 0 Å². The van der Waals surface area contributed by atoms with Gasteiger partial charge in [0.1, 0.15) is 0 Å². The Hall–Kier alpha value is -10.7. The second-order valence-electron chi connectivity index (χ2n) is 28.2. The topological polar surface area (TPSA) is 32.5 Å². The molecule has 17 rings (SSSR count). The van der Waals surface area contributed by atoms with Crippen LogP contribution in [0.25, 0.3) is 66.8 Å². The Labute approximate surface area is 547 Å². The molecule has 0 spiro atoms. The van der Waals surface area contributed by atoms with Crippen molar-refractivity contribution in [1.82, 2.24) is 0 Å². The van der Waals surface area contributed by atoms with Crippen molar-refractivity contribution in [2.24, 2.45) is 0 Å². The number of nitrogens with two attached hydrogens (primary N) is 1. The van der Waals surface area contributed by atoms with E-state index in [2.05, 4.69) is 336 Å². The summed E-state index contributed by atoms with van der Waals surface area (Å²) >= 11 is 0. The Morgan fingerprint density at radius 1 is 0.301 bits per heavy atom. The van der Waals surface area contributed by atoms with E-state index in [0.29, 0.717) is 5.69 Å². The Kier molecular flexibility index (Phi) is 13.1. The highest BCUT2D eigenvalue weighted by Crippen LogP contribution is 2.65. The molecule has 0 aromatic heterocycles. The molecule has 0 saturated heterocycles. The zero-order chi connectivity index (χ0) is 62.9. The number of anilines is 7. The van der Waals surface area contributed by atoms with Crippen molar-refractivity contribution in [2.75, 3.05) is 15.5 Å². The van der Waals surface area contributed by atoms with Crippen LogP contribution in [-0.2, 0) is 23.7 Å². The van der Waals surface area contributed by atoms with Gasteiger partial charge in [0, 0.05) is 45.3 Å². The largest absolute Gasteiger partial charge is 0.399 e. The molecule has 0 fully saturated rings. The molecule has 2 aliphatic heterocycles. The van der Waals surface area contributed by atoms with Crippen LogP contribution < -0.4 is 15.5 Å². The van der Waals surface area contributed by atoms with E-state index in [4.69, 9.17) is 5.73 Å². The van der Waals surface area contributed by atoms with E-state index in [-0.39, 0.29) is 22.7 Å². The lowest BCUT2D eigenvalue weighted by molar-refractivity contribution is 0.590. The Bertz CT molecular complexity index is 4960. The molecule has 13 aromatic rings. The Balaban J connectivity index is 1.07. The number of rotatable bonds is 8. The van der Waals surface area contributed by atoms with E-state index in [0.717, 1.165) is 80.3 Å². The zero-order valence-electron chi connectivity index (χ0n) is 53.7. The van der Waals surface area contributed by atoms with Gasteiger partial charge in [0.05, 0.1) is 34.1 Å². The normalized spacial score (nSPS) is 14.3. The molecule has 2 aliphatic carbocycles. The highest BCUT2D eigenvalue weighted by atomic mass is 15.2. The van der Waals surface area contributed by atoms with Crippen LogP contribution in [0.3, 0.4) is 0 Å². The number of fused-ring (bicyclic) bond motifs is 9. The number of nitrogens with zero attached hydrogens (tertiary/aromatic N) is 2. The fourth-order valence-corrected chi connectivity index (χ4v) is 15.9. The molecule has 2 N–H and O–H groups in total. The summed E-state index contributed by atoms with van der Waals surface area (Å²) in [4.78, 5) is 5.38. The average Bonchev–Trinajstić information content (AvgIpc) is 1.06. The fraction of sp³-hybridized carbons (Fsp3) is 0.133. The van der Waals surface area contributed by atoms with Crippen molar-refractivity contribution in [2.45, 2.75) is 77.0 Å². The molecule has 1 atom stereocenters. The van der Waals surface area contributed by atoms with Gasteiger partial charge in [-0.05, 0) is 190 Å². The SMILES string of the molecule is CC(C)(C)c1cc(-c2ccccc2)c(N2c3ccc(-c4cccc5c4-c4ccccc4C5)cc3C3c4ccc(N)cc4N(c4c(-c5ccccc5)cc(C(C)(C)C)cc4-c4ccccc4)c4cc(C5c6ccccc6Cc6ccccc65)cc2c43)c(-c2ccccc2)c1. The molecule has 448 valence electrons. The molecule has 0 amide bonds. The Morgan fingerprint density at radius 3 is 1.24 bits per heavy atom. The first-order valence-corrected chi connectivity index (χ1v) is 33.1. The molecule has 0 bridgehead atoms. The average molecular weight is 1200 g/mol. The molecule has 3 nitrogen and oxygen atoms in total. The summed E-state index contributed by atoms with van der Waals surface area (Å²) in [7, 11) is 0. The molecule has 93 heavy (non-hydrogen) atoms. The van der Waals surface area contributed by atoms with Crippen molar-refractivity contribution in [3.05, 3.63) is 352 Å². The van der Waals surface area contributed by atoms with Crippen LogP contribution in [0.15, 0.2) is 285 Å². The molecule has 2 heterocycles. The molecule has 3 heteroatoms. The summed E-state index contributed by atoms with van der Waals surface area (Å²) < 4.78 is 0. The van der Waals surface area contributed by atoms with Crippen LogP contribution in [0.2, 0.25) is 0 Å². The first-order chi connectivity index (χ1) is 45.3.